The zero-order chi connectivity index (χ0) is 34.1. The average Bonchev–Trinajstić information content (AvgIpc) is 3.59. The number of hydrogen-bond donors (Lipinski definition) is 0. The molecule has 0 N–H and O–H groups in total. The van der Waals surface area contributed by atoms with Crippen LogP contribution in [0.3, 0.4) is 0 Å². The fraction of sp³-hybridized carbons (Fsp3) is 0. The third-order valence-corrected chi connectivity index (χ3v) is 9.35. The molecule has 0 bridgehead atoms. The summed E-state index contributed by atoms with van der Waals surface area (Å²) in [5, 5.41) is 12.2. The van der Waals surface area contributed by atoms with Crippen molar-refractivity contribution in [1.82, 2.24) is 9.97 Å². The highest BCUT2D eigenvalue weighted by atomic mass is 16.3. The van der Waals surface area contributed by atoms with E-state index in [1.165, 1.54) is 5.56 Å². The molecular formula is C47H29N3O. The normalized spacial score (nSPS) is 11.1. The van der Waals surface area contributed by atoms with Crippen molar-refractivity contribution in [2.75, 3.05) is 0 Å². The largest absolute Gasteiger partial charge is 0.456 e. The lowest BCUT2D eigenvalue weighted by Crippen LogP contribution is -1.97. The number of nitrogens with zero attached hydrogens (tertiary/aromatic N) is 3. The van der Waals surface area contributed by atoms with Gasteiger partial charge in [-0.3, -0.25) is 0 Å². The third kappa shape index (κ3) is 5.73. The van der Waals surface area contributed by atoms with Crippen molar-refractivity contribution in [3.63, 3.8) is 0 Å². The molecule has 0 radical (unpaired) electrons. The van der Waals surface area contributed by atoms with Gasteiger partial charge in [0, 0.05) is 27.5 Å². The van der Waals surface area contributed by atoms with E-state index in [-0.39, 0.29) is 0 Å². The molecule has 0 atom stereocenters. The Balaban J connectivity index is 1.25. The Kier molecular flexibility index (Phi) is 7.50. The van der Waals surface area contributed by atoms with Crippen molar-refractivity contribution in [1.29, 1.82) is 5.26 Å². The number of fused-ring (bicyclic) bond motifs is 3. The SMILES string of the molecule is N#Cc1ccccc1-c1cc(-c2cc(-c3ccc(-c4ccccc4)cc3)cc(-c3ccc4oc5ccccc5c4c3)c2)nc(-c2ccccc2)n1. The topological polar surface area (TPSA) is 62.7 Å². The average molecular weight is 652 g/mol. The minimum absolute atomic E-state index is 0.565. The van der Waals surface area contributed by atoms with Gasteiger partial charge in [-0.1, -0.05) is 127 Å². The summed E-state index contributed by atoms with van der Waals surface area (Å²) in [6.45, 7) is 0. The monoisotopic (exact) mass is 651 g/mol. The predicted octanol–water partition coefficient (Wildman–Crippen LogP) is 12.2. The van der Waals surface area contributed by atoms with E-state index >= 15 is 0 Å². The van der Waals surface area contributed by atoms with Crippen LogP contribution in [0, 0.1) is 11.3 Å². The molecule has 51 heavy (non-hydrogen) atoms. The number of nitriles is 1. The first-order valence-corrected chi connectivity index (χ1v) is 16.9. The molecule has 0 spiro atoms. The van der Waals surface area contributed by atoms with E-state index < -0.39 is 0 Å². The van der Waals surface area contributed by atoms with E-state index in [1.807, 2.05) is 84.9 Å². The smallest absolute Gasteiger partial charge is 0.160 e. The lowest BCUT2D eigenvalue weighted by atomic mass is 9.93. The minimum Gasteiger partial charge on any atom is -0.456 e. The molecule has 4 nitrogen and oxygen atoms in total. The maximum atomic E-state index is 10.00. The summed E-state index contributed by atoms with van der Waals surface area (Å²) < 4.78 is 6.17. The minimum atomic E-state index is 0.565. The van der Waals surface area contributed by atoms with Crippen LogP contribution in [-0.4, -0.2) is 9.97 Å². The van der Waals surface area contributed by atoms with E-state index in [1.54, 1.807) is 0 Å². The standard InChI is InChI=1S/C47H29N3O/c48-30-36-15-7-8-16-40(36)44-29-43(49-47(50-44)34-13-5-2-6-14-34)39-26-37(33-21-19-32(20-22-33)31-11-3-1-4-12-31)25-38(27-39)35-23-24-46-42(28-35)41-17-9-10-18-45(41)51-46/h1-29H. The molecule has 238 valence electrons. The van der Waals surface area contributed by atoms with Gasteiger partial charge in [-0.05, 0) is 81.9 Å². The van der Waals surface area contributed by atoms with Gasteiger partial charge in [0.05, 0.1) is 23.0 Å². The van der Waals surface area contributed by atoms with Gasteiger partial charge >= 0.3 is 0 Å². The van der Waals surface area contributed by atoms with E-state index in [4.69, 9.17) is 14.4 Å². The number of hydrogen-bond acceptors (Lipinski definition) is 4. The van der Waals surface area contributed by atoms with Crippen LogP contribution in [0.4, 0.5) is 0 Å². The van der Waals surface area contributed by atoms with Crippen molar-refractivity contribution in [2.24, 2.45) is 0 Å². The van der Waals surface area contributed by atoms with Crippen molar-refractivity contribution in [3.05, 3.63) is 181 Å². The number of para-hydroxylation sites is 1. The summed E-state index contributed by atoms with van der Waals surface area (Å²) in [7, 11) is 0. The van der Waals surface area contributed by atoms with E-state index in [0.29, 0.717) is 17.1 Å². The zero-order valence-corrected chi connectivity index (χ0v) is 27.5. The van der Waals surface area contributed by atoms with Gasteiger partial charge < -0.3 is 4.42 Å². The maximum absolute atomic E-state index is 10.00. The molecule has 0 aliphatic heterocycles. The molecule has 9 rings (SSSR count). The molecular weight excluding hydrogens is 623 g/mol. The Hall–Kier alpha value is -7.09. The molecule has 7 aromatic carbocycles. The van der Waals surface area contributed by atoms with Gasteiger partial charge in [-0.2, -0.15) is 5.26 Å². The van der Waals surface area contributed by atoms with Crippen molar-refractivity contribution >= 4 is 21.9 Å². The molecule has 2 aromatic heterocycles. The van der Waals surface area contributed by atoms with Gasteiger partial charge in [-0.25, -0.2) is 9.97 Å². The highest BCUT2D eigenvalue weighted by molar-refractivity contribution is 6.06. The zero-order valence-electron chi connectivity index (χ0n) is 27.5. The fourth-order valence-corrected chi connectivity index (χ4v) is 6.75. The van der Waals surface area contributed by atoms with Crippen LogP contribution in [0.5, 0.6) is 0 Å². The van der Waals surface area contributed by atoms with Crippen LogP contribution in [0.1, 0.15) is 5.56 Å². The third-order valence-electron chi connectivity index (χ3n) is 9.35. The summed E-state index contributed by atoms with van der Waals surface area (Å²) in [5.74, 6) is 0.598. The summed E-state index contributed by atoms with van der Waals surface area (Å²) in [5.41, 5.74) is 13.0. The van der Waals surface area contributed by atoms with Gasteiger partial charge in [0.15, 0.2) is 5.82 Å². The fourth-order valence-electron chi connectivity index (χ4n) is 6.75. The quantitative estimate of drug-likeness (QED) is 0.179. The van der Waals surface area contributed by atoms with Gasteiger partial charge in [0.2, 0.25) is 0 Å². The van der Waals surface area contributed by atoms with Gasteiger partial charge in [-0.15, -0.1) is 0 Å². The van der Waals surface area contributed by atoms with Crippen LogP contribution in [0.2, 0.25) is 0 Å². The Labute approximate surface area is 295 Å². The number of rotatable bonds is 6. The number of aromatic nitrogens is 2. The molecule has 0 saturated carbocycles. The van der Waals surface area contributed by atoms with Crippen molar-refractivity contribution in [2.45, 2.75) is 0 Å². The van der Waals surface area contributed by atoms with Crippen LogP contribution >= 0.6 is 0 Å². The Morgan fingerprint density at radius 2 is 0.941 bits per heavy atom. The highest BCUT2D eigenvalue weighted by Gasteiger charge is 2.16. The van der Waals surface area contributed by atoms with Crippen molar-refractivity contribution < 1.29 is 4.42 Å². The first kappa shape index (κ1) is 30.0. The van der Waals surface area contributed by atoms with Crippen molar-refractivity contribution in [3.8, 4) is 73.4 Å². The number of furan rings is 1. The van der Waals surface area contributed by atoms with Gasteiger partial charge in [0.25, 0.3) is 0 Å². The lowest BCUT2D eigenvalue weighted by Gasteiger charge is -2.14. The molecule has 0 aliphatic rings. The van der Waals surface area contributed by atoms with E-state index in [2.05, 4.69) is 97.1 Å². The molecule has 2 heterocycles. The Bertz CT molecular complexity index is 2740. The lowest BCUT2D eigenvalue weighted by molar-refractivity contribution is 0.669. The molecule has 0 saturated heterocycles. The highest BCUT2D eigenvalue weighted by Crippen LogP contribution is 2.38. The first-order valence-electron chi connectivity index (χ1n) is 16.9. The summed E-state index contributed by atoms with van der Waals surface area (Å²) in [6, 6.07) is 62.2. The molecule has 4 heteroatoms. The van der Waals surface area contributed by atoms with E-state index in [0.717, 1.165) is 72.1 Å². The van der Waals surface area contributed by atoms with Crippen LogP contribution in [0.15, 0.2) is 180 Å². The number of benzene rings is 7. The molecule has 0 unspecified atom stereocenters. The second-order valence-electron chi connectivity index (χ2n) is 12.5. The predicted molar refractivity (Wildman–Crippen MR) is 207 cm³/mol. The second-order valence-corrected chi connectivity index (χ2v) is 12.5. The van der Waals surface area contributed by atoms with Gasteiger partial charge in [0.1, 0.15) is 11.2 Å². The van der Waals surface area contributed by atoms with Crippen LogP contribution in [0.25, 0.3) is 89.2 Å². The first-order chi connectivity index (χ1) is 25.2. The summed E-state index contributed by atoms with van der Waals surface area (Å²) in [4.78, 5) is 10.1. The molecule has 0 amide bonds. The molecule has 0 aliphatic carbocycles. The Morgan fingerprint density at radius 3 is 1.71 bits per heavy atom. The molecule has 9 aromatic rings. The maximum Gasteiger partial charge on any atom is 0.160 e. The summed E-state index contributed by atoms with van der Waals surface area (Å²) in [6.07, 6.45) is 0. The van der Waals surface area contributed by atoms with Crippen LogP contribution < -0.4 is 0 Å². The van der Waals surface area contributed by atoms with E-state index in [9.17, 15) is 5.26 Å². The summed E-state index contributed by atoms with van der Waals surface area (Å²) >= 11 is 0. The van der Waals surface area contributed by atoms with Crippen LogP contribution in [-0.2, 0) is 0 Å². The molecule has 0 fully saturated rings. The Morgan fingerprint density at radius 1 is 0.392 bits per heavy atom. The second kappa shape index (κ2) is 12.7.